The van der Waals surface area contributed by atoms with Crippen LogP contribution in [0.5, 0.6) is 0 Å². The van der Waals surface area contributed by atoms with Crippen molar-refractivity contribution in [2.24, 2.45) is 0 Å². The smallest absolute Gasteiger partial charge is 0.416 e. The molecule has 0 fully saturated rings. The minimum atomic E-state index is -4.75. The van der Waals surface area contributed by atoms with Gasteiger partial charge in [0.1, 0.15) is 10.9 Å². The Hall–Kier alpha value is -3.23. The number of halogens is 3. The lowest BCUT2D eigenvalue weighted by atomic mass is 10.0. The normalized spacial score (nSPS) is 16.6. The zero-order valence-electron chi connectivity index (χ0n) is 21.5. The number of ether oxygens (including phenoxy) is 1. The zero-order chi connectivity index (χ0) is 29.4. The molecule has 0 radical (unpaired) electrons. The molecule has 3 rings (SSSR count). The molecule has 1 heterocycles. The summed E-state index contributed by atoms with van der Waals surface area (Å²) in [4.78, 5) is 11.6. The number of hydrogen-bond donors (Lipinski definition) is 2. The molecule has 2 aromatic rings. The molecule has 212 valence electrons. The van der Waals surface area contributed by atoms with Crippen LogP contribution in [0.3, 0.4) is 0 Å². The Morgan fingerprint density at radius 1 is 1.10 bits per heavy atom. The van der Waals surface area contributed by atoms with Crippen LogP contribution in [-0.4, -0.2) is 51.1 Å². The summed E-state index contributed by atoms with van der Waals surface area (Å²) < 4.78 is 99.3. The fourth-order valence-corrected chi connectivity index (χ4v) is 7.10. The number of alkyl halides is 3. The van der Waals surface area contributed by atoms with Gasteiger partial charge >= 0.3 is 6.18 Å². The third-order valence-corrected chi connectivity index (χ3v) is 9.23. The molecule has 9 nitrogen and oxygen atoms in total. The standard InChI is InChI=1S/C25H28F3N3O6S2/c1-5-37-23(29)20(30-38(33,34)19-8-6-7-18(14-19)25(26,27)28)13-16-9-11-17(12-10-16)21-15-22(32)31(24(2,3)4)39(21,35)36/h6-12,14-15,20,29-30H,5,13H2,1-4H3. The fraction of sp³-hybridized carbons (Fsp3) is 0.360. The lowest BCUT2D eigenvalue weighted by molar-refractivity contribution is -0.137. The Morgan fingerprint density at radius 3 is 2.23 bits per heavy atom. The number of nitrogens with zero attached hydrogens (tertiary/aromatic N) is 1. The van der Waals surface area contributed by atoms with Crippen molar-refractivity contribution in [3.8, 4) is 0 Å². The Labute approximate surface area is 225 Å². The van der Waals surface area contributed by atoms with E-state index in [2.05, 4.69) is 4.72 Å². The SMILES string of the molecule is CCOC(=N)C(Cc1ccc(C2=CC(=O)N(C(C)(C)C)S2(=O)=O)cc1)NS(=O)(=O)c1cccc(C(F)(F)F)c1. The van der Waals surface area contributed by atoms with E-state index in [9.17, 15) is 34.8 Å². The van der Waals surface area contributed by atoms with Gasteiger partial charge in [0.15, 0.2) is 5.90 Å². The van der Waals surface area contributed by atoms with Crippen molar-refractivity contribution in [2.45, 2.75) is 56.8 Å². The van der Waals surface area contributed by atoms with Gasteiger partial charge in [0.25, 0.3) is 15.9 Å². The van der Waals surface area contributed by atoms with Crippen LogP contribution >= 0.6 is 0 Å². The quantitative estimate of drug-likeness (QED) is 0.355. The topological polar surface area (TPSA) is 134 Å². The van der Waals surface area contributed by atoms with Gasteiger partial charge in [0.2, 0.25) is 10.0 Å². The van der Waals surface area contributed by atoms with Gasteiger partial charge in [-0.3, -0.25) is 10.2 Å². The maximum absolute atomic E-state index is 13.1. The van der Waals surface area contributed by atoms with E-state index >= 15 is 0 Å². The van der Waals surface area contributed by atoms with Gasteiger partial charge in [-0.25, -0.2) is 21.1 Å². The number of carbonyl (C=O) groups excluding carboxylic acids is 1. The molecular weight excluding hydrogens is 559 g/mol. The van der Waals surface area contributed by atoms with Gasteiger partial charge in [0, 0.05) is 6.08 Å². The van der Waals surface area contributed by atoms with E-state index in [1.807, 2.05) is 0 Å². The molecule has 0 aliphatic carbocycles. The molecule has 0 saturated heterocycles. The van der Waals surface area contributed by atoms with Crippen molar-refractivity contribution in [3.05, 3.63) is 71.3 Å². The number of amides is 1. The van der Waals surface area contributed by atoms with Crippen molar-refractivity contribution in [3.63, 3.8) is 0 Å². The fourth-order valence-electron chi connectivity index (χ4n) is 3.97. The summed E-state index contributed by atoms with van der Waals surface area (Å²) in [6.07, 6.45) is -3.84. The van der Waals surface area contributed by atoms with E-state index in [4.69, 9.17) is 10.1 Å². The summed E-state index contributed by atoms with van der Waals surface area (Å²) >= 11 is 0. The Balaban J connectivity index is 1.87. The average Bonchev–Trinajstić information content (AvgIpc) is 3.07. The van der Waals surface area contributed by atoms with Crippen molar-refractivity contribution in [1.82, 2.24) is 9.03 Å². The number of hydrogen-bond acceptors (Lipinski definition) is 7. The highest BCUT2D eigenvalue weighted by Crippen LogP contribution is 2.35. The molecule has 1 aliphatic heterocycles. The summed E-state index contributed by atoms with van der Waals surface area (Å²) in [5.41, 5.74) is -1.41. The highest BCUT2D eigenvalue weighted by Gasteiger charge is 2.44. The van der Waals surface area contributed by atoms with Gasteiger partial charge in [-0.1, -0.05) is 30.3 Å². The largest absolute Gasteiger partial charge is 0.480 e. The van der Waals surface area contributed by atoms with Gasteiger partial charge < -0.3 is 4.74 Å². The highest BCUT2D eigenvalue weighted by atomic mass is 32.2. The van der Waals surface area contributed by atoms with Crippen molar-refractivity contribution >= 4 is 36.8 Å². The second kappa shape index (κ2) is 10.7. The molecule has 0 saturated carbocycles. The molecule has 2 N–H and O–H groups in total. The van der Waals surface area contributed by atoms with Crippen LogP contribution in [0.15, 0.2) is 59.5 Å². The maximum Gasteiger partial charge on any atom is 0.416 e. The van der Waals surface area contributed by atoms with Gasteiger partial charge in [-0.05, 0) is 63.4 Å². The molecule has 0 aromatic heterocycles. The molecular formula is C25H28F3N3O6S2. The first-order valence-corrected chi connectivity index (χ1v) is 14.6. The van der Waals surface area contributed by atoms with Gasteiger partial charge in [-0.15, -0.1) is 0 Å². The van der Waals surface area contributed by atoms with Crippen LogP contribution in [0.1, 0.15) is 44.4 Å². The number of nitrogens with one attached hydrogen (secondary N) is 2. The zero-order valence-corrected chi connectivity index (χ0v) is 23.2. The third kappa shape index (κ3) is 6.68. The third-order valence-electron chi connectivity index (χ3n) is 5.65. The van der Waals surface area contributed by atoms with Crippen LogP contribution in [0.25, 0.3) is 4.91 Å². The first kappa shape index (κ1) is 30.3. The van der Waals surface area contributed by atoms with Crippen LogP contribution in [0.2, 0.25) is 0 Å². The van der Waals surface area contributed by atoms with E-state index in [-0.39, 0.29) is 23.5 Å². The molecule has 39 heavy (non-hydrogen) atoms. The molecule has 1 amide bonds. The van der Waals surface area contributed by atoms with Crippen molar-refractivity contribution < 1.29 is 39.5 Å². The first-order valence-electron chi connectivity index (χ1n) is 11.7. The first-order chi connectivity index (χ1) is 17.9. The number of carbonyl (C=O) groups is 1. The van der Waals surface area contributed by atoms with Crippen LogP contribution in [-0.2, 0) is 42.2 Å². The summed E-state index contributed by atoms with van der Waals surface area (Å²) in [7, 11) is -8.59. The molecule has 1 atom stereocenters. The minimum Gasteiger partial charge on any atom is -0.480 e. The van der Waals surface area contributed by atoms with E-state index in [0.717, 1.165) is 28.6 Å². The Bertz CT molecular complexity index is 1510. The van der Waals surface area contributed by atoms with Crippen LogP contribution in [0, 0.1) is 5.41 Å². The van der Waals surface area contributed by atoms with Crippen molar-refractivity contribution in [2.75, 3.05) is 6.61 Å². The summed E-state index contributed by atoms with van der Waals surface area (Å²) in [5, 5.41) is 8.15. The molecule has 14 heteroatoms. The lowest BCUT2D eigenvalue weighted by Gasteiger charge is -2.30. The Kier molecular flexibility index (Phi) is 8.35. The summed E-state index contributed by atoms with van der Waals surface area (Å²) in [5.74, 6) is -1.12. The highest BCUT2D eigenvalue weighted by molar-refractivity contribution is 7.99. The van der Waals surface area contributed by atoms with E-state index < -0.39 is 60.1 Å². The Morgan fingerprint density at radius 2 is 1.72 bits per heavy atom. The molecule has 0 spiro atoms. The monoisotopic (exact) mass is 587 g/mol. The maximum atomic E-state index is 13.1. The number of rotatable bonds is 8. The molecule has 1 aliphatic rings. The summed E-state index contributed by atoms with van der Waals surface area (Å²) in [6, 6.07) is 7.83. The van der Waals surface area contributed by atoms with Crippen LogP contribution < -0.4 is 4.72 Å². The number of benzene rings is 2. The predicted octanol–water partition coefficient (Wildman–Crippen LogP) is 3.92. The second-order valence-electron chi connectivity index (χ2n) is 9.68. The minimum absolute atomic E-state index is 0.0455. The van der Waals surface area contributed by atoms with E-state index in [1.165, 1.54) is 24.3 Å². The second-order valence-corrected chi connectivity index (χ2v) is 13.2. The molecule has 0 bridgehead atoms. The lowest BCUT2D eigenvalue weighted by Crippen LogP contribution is -2.45. The van der Waals surface area contributed by atoms with Crippen LogP contribution in [0.4, 0.5) is 13.2 Å². The summed E-state index contributed by atoms with van der Waals surface area (Å²) in [6.45, 7) is 6.41. The number of sulfonamides is 2. The predicted molar refractivity (Wildman–Crippen MR) is 139 cm³/mol. The van der Waals surface area contributed by atoms with Crippen molar-refractivity contribution in [1.29, 1.82) is 5.41 Å². The molecule has 1 unspecified atom stereocenters. The van der Waals surface area contributed by atoms with E-state index in [0.29, 0.717) is 11.6 Å². The molecule has 2 aromatic carbocycles. The van der Waals surface area contributed by atoms with E-state index in [1.54, 1.807) is 27.7 Å². The van der Waals surface area contributed by atoms with Gasteiger partial charge in [-0.2, -0.15) is 17.9 Å². The average molecular weight is 588 g/mol. The van der Waals surface area contributed by atoms with Gasteiger partial charge in [0.05, 0.1) is 22.6 Å².